The van der Waals surface area contributed by atoms with Gasteiger partial charge in [-0.15, -0.1) is 0 Å². The molecule has 0 aromatic carbocycles. The Kier molecular flexibility index (Phi) is 7.41. The van der Waals surface area contributed by atoms with Crippen LogP contribution in [0.3, 0.4) is 0 Å². The van der Waals surface area contributed by atoms with Crippen LogP contribution >= 0.6 is 0 Å². The van der Waals surface area contributed by atoms with Gasteiger partial charge in [0.25, 0.3) is 0 Å². The van der Waals surface area contributed by atoms with Crippen LogP contribution in [0.4, 0.5) is 0 Å². The molecule has 0 spiro atoms. The lowest BCUT2D eigenvalue weighted by Gasteiger charge is -2.42. The van der Waals surface area contributed by atoms with Gasteiger partial charge in [-0.05, 0) is 56.9 Å². The minimum Gasteiger partial charge on any atom is -0.383 e. The summed E-state index contributed by atoms with van der Waals surface area (Å²) in [6.45, 7) is 6.73. The molecular formula is C20H32N4O2. The van der Waals surface area contributed by atoms with Gasteiger partial charge in [-0.25, -0.2) is 0 Å². The van der Waals surface area contributed by atoms with Crippen molar-refractivity contribution < 1.29 is 9.53 Å². The monoisotopic (exact) mass is 360 g/mol. The van der Waals surface area contributed by atoms with E-state index in [-0.39, 0.29) is 11.8 Å². The van der Waals surface area contributed by atoms with Crippen LogP contribution in [0, 0.1) is 5.92 Å². The highest BCUT2D eigenvalue weighted by Crippen LogP contribution is 2.24. The van der Waals surface area contributed by atoms with Gasteiger partial charge in [0.15, 0.2) is 0 Å². The first-order chi connectivity index (χ1) is 12.8. The Bertz CT molecular complexity index is 546. The number of carbonyl (C=O) groups excluding carboxylic acids is 1. The minimum atomic E-state index is 0.118. The average molecular weight is 361 g/mol. The van der Waals surface area contributed by atoms with Crippen LogP contribution in [0.15, 0.2) is 24.5 Å². The van der Waals surface area contributed by atoms with Crippen molar-refractivity contribution in [2.45, 2.75) is 38.3 Å². The highest BCUT2D eigenvalue weighted by Gasteiger charge is 2.31. The molecule has 2 fully saturated rings. The van der Waals surface area contributed by atoms with Crippen molar-refractivity contribution in [1.29, 1.82) is 0 Å². The number of amides is 1. The quantitative estimate of drug-likeness (QED) is 0.799. The third-order valence-corrected chi connectivity index (χ3v) is 5.70. The second-order valence-corrected chi connectivity index (χ2v) is 7.48. The van der Waals surface area contributed by atoms with Crippen molar-refractivity contribution in [3.05, 3.63) is 30.1 Å². The minimum absolute atomic E-state index is 0.118. The zero-order valence-electron chi connectivity index (χ0n) is 15.9. The SMILES string of the molecule is COCCN1CCC(N2CCCC(C(=O)NCc3cccnc3)C2)CC1. The summed E-state index contributed by atoms with van der Waals surface area (Å²) in [6.07, 6.45) is 8.09. The van der Waals surface area contributed by atoms with Gasteiger partial charge in [0.05, 0.1) is 12.5 Å². The molecular weight excluding hydrogens is 328 g/mol. The van der Waals surface area contributed by atoms with Crippen molar-refractivity contribution in [3.63, 3.8) is 0 Å². The summed E-state index contributed by atoms with van der Waals surface area (Å²) >= 11 is 0. The van der Waals surface area contributed by atoms with E-state index < -0.39 is 0 Å². The summed E-state index contributed by atoms with van der Waals surface area (Å²) in [5.74, 6) is 0.308. The lowest BCUT2D eigenvalue weighted by atomic mass is 9.93. The summed E-state index contributed by atoms with van der Waals surface area (Å²) in [6, 6.07) is 4.53. The van der Waals surface area contributed by atoms with Gasteiger partial charge in [0, 0.05) is 45.2 Å². The Morgan fingerprint density at radius 3 is 2.88 bits per heavy atom. The Balaban J connectivity index is 1.43. The molecule has 26 heavy (non-hydrogen) atoms. The number of hydrogen-bond donors (Lipinski definition) is 1. The molecule has 0 radical (unpaired) electrons. The molecule has 6 heteroatoms. The molecule has 0 saturated carbocycles. The third kappa shape index (κ3) is 5.50. The van der Waals surface area contributed by atoms with Crippen molar-refractivity contribution in [3.8, 4) is 0 Å². The van der Waals surface area contributed by atoms with Gasteiger partial charge in [0.2, 0.25) is 5.91 Å². The number of hydrogen-bond acceptors (Lipinski definition) is 5. The predicted octanol–water partition coefficient (Wildman–Crippen LogP) is 1.52. The number of methoxy groups -OCH3 is 1. The highest BCUT2D eigenvalue weighted by atomic mass is 16.5. The topological polar surface area (TPSA) is 57.7 Å². The molecule has 1 N–H and O–H groups in total. The zero-order valence-corrected chi connectivity index (χ0v) is 15.9. The average Bonchev–Trinajstić information content (AvgIpc) is 2.71. The maximum absolute atomic E-state index is 12.6. The molecule has 3 heterocycles. The predicted molar refractivity (Wildman–Crippen MR) is 102 cm³/mol. The Hall–Kier alpha value is -1.50. The lowest BCUT2D eigenvalue weighted by Crippen LogP contribution is -2.51. The summed E-state index contributed by atoms with van der Waals surface area (Å²) < 4.78 is 5.18. The smallest absolute Gasteiger partial charge is 0.224 e. The number of nitrogens with zero attached hydrogens (tertiary/aromatic N) is 3. The number of aromatic nitrogens is 1. The van der Waals surface area contributed by atoms with Crippen LogP contribution < -0.4 is 5.32 Å². The van der Waals surface area contributed by atoms with Crippen LogP contribution in [0.5, 0.6) is 0 Å². The number of pyridine rings is 1. The number of nitrogens with one attached hydrogen (secondary N) is 1. The van der Waals surface area contributed by atoms with E-state index in [0.717, 1.165) is 57.7 Å². The fourth-order valence-electron chi connectivity index (χ4n) is 4.12. The fraction of sp³-hybridized carbons (Fsp3) is 0.700. The zero-order chi connectivity index (χ0) is 18.2. The highest BCUT2D eigenvalue weighted by molar-refractivity contribution is 5.78. The third-order valence-electron chi connectivity index (χ3n) is 5.70. The van der Waals surface area contributed by atoms with Gasteiger partial charge in [-0.3, -0.25) is 14.7 Å². The van der Waals surface area contributed by atoms with Gasteiger partial charge >= 0.3 is 0 Å². The first-order valence-electron chi connectivity index (χ1n) is 9.88. The Morgan fingerprint density at radius 2 is 2.15 bits per heavy atom. The first-order valence-corrected chi connectivity index (χ1v) is 9.88. The van der Waals surface area contributed by atoms with Gasteiger partial charge in [-0.1, -0.05) is 6.07 Å². The number of likely N-dealkylation sites (tertiary alicyclic amines) is 2. The van der Waals surface area contributed by atoms with Crippen molar-refractivity contribution in [1.82, 2.24) is 20.1 Å². The maximum Gasteiger partial charge on any atom is 0.224 e. The molecule has 2 aliphatic heterocycles. The molecule has 1 unspecified atom stereocenters. The van der Waals surface area contributed by atoms with Gasteiger partial charge in [-0.2, -0.15) is 0 Å². The second kappa shape index (κ2) is 10.00. The lowest BCUT2D eigenvalue weighted by molar-refractivity contribution is -0.127. The van der Waals surface area contributed by atoms with E-state index in [1.165, 1.54) is 12.8 Å². The second-order valence-electron chi connectivity index (χ2n) is 7.48. The molecule has 6 nitrogen and oxygen atoms in total. The van der Waals surface area contributed by atoms with Crippen LogP contribution in [-0.4, -0.2) is 73.2 Å². The van der Waals surface area contributed by atoms with E-state index in [2.05, 4.69) is 20.1 Å². The standard InChI is InChI=1S/C20H32N4O2/c1-26-13-12-23-10-6-19(7-11-23)24-9-3-5-18(16-24)20(25)22-15-17-4-2-8-21-14-17/h2,4,8,14,18-19H,3,5-7,9-13,15-16H2,1H3,(H,22,25). The van der Waals surface area contributed by atoms with Crippen molar-refractivity contribution >= 4 is 5.91 Å². The number of piperidine rings is 2. The molecule has 3 rings (SSSR count). The fourth-order valence-corrected chi connectivity index (χ4v) is 4.12. The van der Waals surface area contributed by atoms with E-state index in [4.69, 9.17) is 4.74 Å². The van der Waals surface area contributed by atoms with Crippen molar-refractivity contribution in [2.24, 2.45) is 5.92 Å². The molecule has 1 atom stereocenters. The number of ether oxygens (including phenoxy) is 1. The van der Waals surface area contributed by atoms with Crippen LogP contribution in [0.2, 0.25) is 0 Å². The molecule has 144 valence electrons. The molecule has 1 aromatic rings. The molecule has 0 aliphatic carbocycles. The van der Waals surface area contributed by atoms with E-state index in [1.54, 1.807) is 13.3 Å². The van der Waals surface area contributed by atoms with E-state index in [1.807, 2.05) is 18.3 Å². The Morgan fingerprint density at radius 1 is 1.31 bits per heavy atom. The summed E-state index contributed by atoms with van der Waals surface area (Å²) in [7, 11) is 1.76. The van der Waals surface area contributed by atoms with Crippen LogP contribution in [0.1, 0.15) is 31.2 Å². The summed E-state index contributed by atoms with van der Waals surface area (Å²) in [5.41, 5.74) is 1.05. The first kappa shape index (κ1) is 19.3. The normalized spacial score (nSPS) is 23.0. The van der Waals surface area contributed by atoms with Crippen molar-refractivity contribution in [2.75, 3.05) is 46.4 Å². The number of carbonyl (C=O) groups is 1. The largest absolute Gasteiger partial charge is 0.383 e. The van der Waals surface area contributed by atoms with Gasteiger partial charge in [0.1, 0.15) is 0 Å². The molecule has 1 amide bonds. The summed E-state index contributed by atoms with van der Waals surface area (Å²) in [5, 5.41) is 3.09. The van der Waals surface area contributed by atoms with Crippen LogP contribution in [0.25, 0.3) is 0 Å². The van der Waals surface area contributed by atoms with E-state index >= 15 is 0 Å². The number of rotatable bonds is 7. The summed E-state index contributed by atoms with van der Waals surface area (Å²) in [4.78, 5) is 21.7. The Labute approximate surface area is 156 Å². The van der Waals surface area contributed by atoms with E-state index in [9.17, 15) is 4.79 Å². The maximum atomic E-state index is 12.6. The van der Waals surface area contributed by atoms with Gasteiger partial charge < -0.3 is 15.0 Å². The van der Waals surface area contributed by atoms with E-state index in [0.29, 0.717) is 12.6 Å². The molecule has 0 bridgehead atoms. The molecule has 2 aliphatic rings. The van der Waals surface area contributed by atoms with Crippen LogP contribution in [-0.2, 0) is 16.1 Å². The molecule has 1 aromatic heterocycles. The molecule has 2 saturated heterocycles.